The molecule has 124 valence electrons. The summed E-state index contributed by atoms with van der Waals surface area (Å²) in [7, 11) is 3.09. The number of fused-ring (bicyclic) bond motifs is 1. The molecule has 0 radical (unpaired) electrons. The summed E-state index contributed by atoms with van der Waals surface area (Å²) in [4.78, 5) is 19.8. The number of anilines is 1. The van der Waals surface area contributed by atoms with Crippen LogP contribution in [0, 0.1) is 5.92 Å². The molecule has 0 saturated heterocycles. The van der Waals surface area contributed by atoms with Crippen molar-refractivity contribution in [1.82, 2.24) is 9.97 Å². The lowest BCUT2D eigenvalue weighted by atomic mass is 10.0. The van der Waals surface area contributed by atoms with Crippen LogP contribution in [0.2, 0.25) is 0 Å². The molecule has 1 aromatic carbocycles. The Labute approximate surface area is 134 Å². The fourth-order valence-corrected chi connectivity index (χ4v) is 2.36. The van der Waals surface area contributed by atoms with Gasteiger partial charge < -0.3 is 19.9 Å². The van der Waals surface area contributed by atoms with Crippen molar-refractivity contribution in [3.8, 4) is 11.5 Å². The van der Waals surface area contributed by atoms with Gasteiger partial charge in [-0.05, 0) is 18.4 Å². The molecule has 1 aromatic heterocycles. The van der Waals surface area contributed by atoms with Crippen LogP contribution in [0.25, 0.3) is 10.9 Å². The predicted molar refractivity (Wildman–Crippen MR) is 87.1 cm³/mol. The highest BCUT2D eigenvalue weighted by Crippen LogP contribution is 2.33. The average Bonchev–Trinajstić information content (AvgIpc) is 2.52. The summed E-state index contributed by atoms with van der Waals surface area (Å²) in [5.41, 5.74) is 0.647. The van der Waals surface area contributed by atoms with Crippen molar-refractivity contribution in [3.63, 3.8) is 0 Å². The minimum atomic E-state index is -0.911. The highest BCUT2D eigenvalue weighted by atomic mass is 16.5. The Kier molecular flexibility index (Phi) is 5.20. The van der Waals surface area contributed by atoms with E-state index in [1.54, 1.807) is 26.4 Å². The molecule has 0 aliphatic carbocycles. The summed E-state index contributed by atoms with van der Waals surface area (Å²) in [6.45, 7) is 3.95. The number of hydrogen-bond donors (Lipinski definition) is 2. The van der Waals surface area contributed by atoms with E-state index in [9.17, 15) is 9.90 Å². The Morgan fingerprint density at radius 1 is 1.22 bits per heavy atom. The number of aliphatic carboxylic acids is 1. The van der Waals surface area contributed by atoms with E-state index in [2.05, 4.69) is 15.3 Å². The highest BCUT2D eigenvalue weighted by molar-refractivity contribution is 5.93. The van der Waals surface area contributed by atoms with Gasteiger partial charge in [0.25, 0.3) is 0 Å². The van der Waals surface area contributed by atoms with Crippen LogP contribution >= 0.6 is 0 Å². The van der Waals surface area contributed by atoms with Gasteiger partial charge in [0, 0.05) is 11.5 Å². The lowest BCUT2D eigenvalue weighted by Crippen LogP contribution is -2.31. The maximum absolute atomic E-state index is 11.4. The normalized spacial score (nSPS) is 12.2. The van der Waals surface area contributed by atoms with Crippen LogP contribution in [0.3, 0.4) is 0 Å². The van der Waals surface area contributed by atoms with Crippen LogP contribution in [0.5, 0.6) is 11.5 Å². The Morgan fingerprint density at radius 2 is 1.87 bits per heavy atom. The molecule has 0 aliphatic heterocycles. The van der Waals surface area contributed by atoms with Gasteiger partial charge in [-0.3, -0.25) is 0 Å². The molecule has 1 heterocycles. The molecule has 0 amide bonds. The van der Waals surface area contributed by atoms with Crippen molar-refractivity contribution in [2.75, 3.05) is 19.5 Å². The highest BCUT2D eigenvalue weighted by Gasteiger charge is 2.21. The first-order valence-corrected chi connectivity index (χ1v) is 7.32. The SMILES string of the molecule is COc1cc2ncnc(NC(CC(C)C)C(=O)O)c2cc1OC. The zero-order valence-electron chi connectivity index (χ0n) is 13.7. The summed E-state index contributed by atoms with van der Waals surface area (Å²) in [6.07, 6.45) is 1.89. The summed E-state index contributed by atoms with van der Waals surface area (Å²) < 4.78 is 10.5. The summed E-state index contributed by atoms with van der Waals surface area (Å²) in [6, 6.07) is 2.76. The monoisotopic (exact) mass is 319 g/mol. The molecule has 1 atom stereocenters. The second kappa shape index (κ2) is 7.13. The topological polar surface area (TPSA) is 93.6 Å². The number of nitrogens with one attached hydrogen (secondary N) is 1. The largest absolute Gasteiger partial charge is 0.493 e. The van der Waals surface area contributed by atoms with Gasteiger partial charge in [-0.2, -0.15) is 0 Å². The van der Waals surface area contributed by atoms with Crippen molar-refractivity contribution in [2.24, 2.45) is 5.92 Å². The quantitative estimate of drug-likeness (QED) is 0.810. The molecule has 0 fully saturated rings. The Balaban J connectivity index is 2.45. The van der Waals surface area contributed by atoms with Crippen molar-refractivity contribution < 1.29 is 19.4 Å². The van der Waals surface area contributed by atoms with Gasteiger partial charge in [0.2, 0.25) is 0 Å². The number of aromatic nitrogens is 2. The standard InChI is InChI=1S/C16H21N3O4/c1-9(2)5-12(16(20)21)19-15-10-6-13(22-3)14(23-4)7-11(10)17-8-18-15/h6-9,12H,5H2,1-4H3,(H,20,21)(H,17,18,19). The van der Waals surface area contributed by atoms with E-state index in [4.69, 9.17) is 9.47 Å². The fraction of sp³-hybridized carbons (Fsp3) is 0.438. The molecule has 0 spiro atoms. The number of ether oxygens (including phenoxy) is 2. The molecular weight excluding hydrogens is 298 g/mol. The van der Waals surface area contributed by atoms with Crippen molar-refractivity contribution >= 4 is 22.7 Å². The zero-order chi connectivity index (χ0) is 17.0. The zero-order valence-corrected chi connectivity index (χ0v) is 13.7. The van der Waals surface area contributed by atoms with Crippen LogP contribution < -0.4 is 14.8 Å². The molecule has 0 saturated carbocycles. The number of rotatable bonds is 7. The fourth-order valence-electron chi connectivity index (χ4n) is 2.36. The minimum absolute atomic E-state index is 0.242. The third-order valence-electron chi connectivity index (χ3n) is 3.46. The second-order valence-corrected chi connectivity index (χ2v) is 5.61. The Morgan fingerprint density at radius 3 is 2.43 bits per heavy atom. The molecule has 7 nitrogen and oxygen atoms in total. The van der Waals surface area contributed by atoms with Crippen molar-refractivity contribution in [2.45, 2.75) is 26.3 Å². The van der Waals surface area contributed by atoms with Crippen LogP contribution in [0.1, 0.15) is 20.3 Å². The average molecular weight is 319 g/mol. The van der Waals surface area contributed by atoms with Gasteiger partial charge >= 0.3 is 5.97 Å². The molecule has 0 aliphatic rings. The molecule has 7 heteroatoms. The summed E-state index contributed by atoms with van der Waals surface area (Å²) >= 11 is 0. The van der Waals surface area contributed by atoms with Crippen molar-refractivity contribution in [1.29, 1.82) is 0 Å². The van der Waals surface area contributed by atoms with Gasteiger partial charge in [-0.1, -0.05) is 13.8 Å². The van der Waals surface area contributed by atoms with Gasteiger partial charge in [0.15, 0.2) is 11.5 Å². The lowest BCUT2D eigenvalue weighted by molar-refractivity contribution is -0.138. The first-order valence-electron chi connectivity index (χ1n) is 7.32. The van der Waals surface area contributed by atoms with Crippen LogP contribution in [0.15, 0.2) is 18.5 Å². The smallest absolute Gasteiger partial charge is 0.326 e. The number of nitrogens with zero attached hydrogens (tertiary/aromatic N) is 2. The van der Waals surface area contributed by atoms with Crippen LogP contribution in [-0.2, 0) is 4.79 Å². The molecule has 2 rings (SSSR count). The Bertz CT molecular complexity index is 703. The molecular formula is C16H21N3O4. The van der Waals surface area contributed by atoms with Gasteiger partial charge in [-0.25, -0.2) is 14.8 Å². The van der Waals surface area contributed by atoms with E-state index < -0.39 is 12.0 Å². The summed E-state index contributed by atoms with van der Waals surface area (Å²) in [5, 5.41) is 13.1. The number of benzene rings is 1. The van der Waals surface area contributed by atoms with E-state index in [1.165, 1.54) is 6.33 Å². The van der Waals surface area contributed by atoms with Crippen LogP contribution in [0.4, 0.5) is 5.82 Å². The van der Waals surface area contributed by atoms with Crippen molar-refractivity contribution in [3.05, 3.63) is 18.5 Å². The number of carboxylic acids is 1. The number of methoxy groups -OCH3 is 2. The van der Waals surface area contributed by atoms with E-state index in [0.29, 0.717) is 34.6 Å². The van der Waals surface area contributed by atoms with Gasteiger partial charge in [0.05, 0.1) is 19.7 Å². The van der Waals surface area contributed by atoms with E-state index in [0.717, 1.165) is 0 Å². The number of carboxylic acid groups (broad SMARTS) is 1. The maximum atomic E-state index is 11.4. The van der Waals surface area contributed by atoms with E-state index >= 15 is 0 Å². The summed E-state index contributed by atoms with van der Waals surface area (Å²) in [5.74, 6) is 0.886. The van der Waals surface area contributed by atoms with E-state index in [1.807, 2.05) is 13.8 Å². The Hall–Kier alpha value is -2.57. The van der Waals surface area contributed by atoms with Gasteiger partial charge in [-0.15, -0.1) is 0 Å². The first-order chi connectivity index (χ1) is 11.0. The molecule has 0 bridgehead atoms. The van der Waals surface area contributed by atoms with Gasteiger partial charge in [0.1, 0.15) is 18.2 Å². The minimum Gasteiger partial charge on any atom is -0.493 e. The third-order valence-corrected chi connectivity index (χ3v) is 3.46. The third kappa shape index (κ3) is 3.80. The molecule has 2 N–H and O–H groups in total. The predicted octanol–water partition coefficient (Wildman–Crippen LogP) is 2.56. The molecule has 23 heavy (non-hydrogen) atoms. The maximum Gasteiger partial charge on any atom is 0.326 e. The van der Waals surface area contributed by atoms with E-state index in [-0.39, 0.29) is 5.92 Å². The first kappa shape index (κ1) is 16.8. The molecule has 1 unspecified atom stereocenters. The van der Waals surface area contributed by atoms with Crippen LogP contribution in [-0.4, -0.2) is 41.3 Å². The molecule has 2 aromatic rings. The second-order valence-electron chi connectivity index (χ2n) is 5.61. The number of carbonyl (C=O) groups is 1. The lowest BCUT2D eigenvalue weighted by Gasteiger charge is -2.18. The number of hydrogen-bond acceptors (Lipinski definition) is 6.